The lowest BCUT2D eigenvalue weighted by Gasteiger charge is -2.08. The van der Waals surface area contributed by atoms with Gasteiger partial charge in [0, 0.05) is 6.26 Å². The third-order valence-corrected chi connectivity index (χ3v) is 3.37. The molecule has 0 aromatic heterocycles. The molecule has 0 atom stereocenters. The van der Waals surface area contributed by atoms with Crippen molar-refractivity contribution in [3.05, 3.63) is 22.7 Å². The highest BCUT2D eigenvalue weighted by molar-refractivity contribution is 7.90. The summed E-state index contributed by atoms with van der Waals surface area (Å²) in [7, 11) is -3.23. The molecule has 0 bridgehead atoms. The van der Waals surface area contributed by atoms with Gasteiger partial charge in [-0.1, -0.05) is 11.6 Å². The summed E-state index contributed by atoms with van der Waals surface area (Å²) in [6.07, 6.45) is 1.14. The highest BCUT2D eigenvalue weighted by Gasteiger charge is 2.13. The maximum Gasteiger partial charge on any atom is 0.175 e. The van der Waals surface area contributed by atoms with Crippen LogP contribution in [0.5, 0.6) is 0 Å². The van der Waals surface area contributed by atoms with E-state index in [4.69, 9.17) is 17.4 Å². The maximum atomic E-state index is 11.3. The largest absolute Gasteiger partial charge is 0.323 e. The van der Waals surface area contributed by atoms with E-state index in [1.54, 1.807) is 13.0 Å². The average Bonchev–Trinajstić information content (AvgIpc) is 2.06. The molecule has 3 N–H and O–H groups in total. The summed E-state index contributed by atoms with van der Waals surface area (Å²) in [6.45, 7) is 1.69. The zero-order chi connectivity index (χ0) is 10.9. The second kappa shape index (κ2) is 3.76. The van der Waals surface area contributed by atoms with Crippen molar-refractivity contribution in [3.63, 3.8) is 0 Å². The Kier molecular flexibility index (Phi) is 3.04. The standard InChI is InChI=1S/C8H11ClN2O2S/c1-5-3-7(11-10)6(9)4-8(5)14(2,12)13/h3-4,11H,10H2,1-2H3. The van der Waals surface area contributed by atoms with Gasteiger partial charge in [0.15, 0.2) is 9.84 Å². The Hall–Kier alpha value is -0.780. The molecule has 6 heteroatoms. The predicted octanol–water partition coefficient (Wildman–Crippen LogP) is 1.34. The Morgan fingerprint density at radius 2 is 2.00 bits per heavy atom. The number of benzene rings is 1. The first-order valence-electron chi connectivity index (χ1n) is 3.83. The Morgan fingerprint density at radius 1 is 1.43 bits per heavy atom. The molecule has 1 aromatic rings. The number of anilines is 1. The van der Waals surface area contributed by atoms with Crippen LogP contribution in [0.25, 0.3) is 0 Å². The number of sulfone groups is 1. The van der Waals surface area contributed by atoms with Gasteiger partial charge in [-0.15, -0.1) is 0 Å². The molecule has 14 heavy (non-hydrogen) atoms. The van der Waals surface area contributed by atoms with E-state index >= 15 is 0 Å². The summed E-state index contributed by atoms with van der Waals surface area (Å²) in [6, 6.07) is 2.99. The number of rotatable bonds is 2. The Labute approximate surface area is 87.9 Å². The van der Waals surface area contributed by atoms with Crippen LogP contribution in [0.2, 0.25) is 5.02 Å². The lowest BCUT2D eigenvalue weighted by molar-refractivity contribution is 0.601. The first-order chi connectivity index (χ1) is 6.36. The molecular weight excluding hydrogens is 224 g/mol. The summed E-state index contributed by atoms with van der Waals surface area (Å²) in [4.78, 5) is 0.224. The molecule has 78 valence electrons. The van der Waals surface area contributed by atoms with E-state index in [9.17, 15) is 8.42 Å². The Bertz CT molecular complexity index is 457. The van der Waals surface area contributed by atoms with E-state index in [2.05, 4.69) is 5.43 Å². The van der Waals surface area contributed by atoms with Crippen molar-refractivity contribution in [1.82, 2.24) is 0 Å². The number of nitrogen functional groups attached to an aromatic ring is 1. The van der Waals surface area contributed by atoms with Gasteiger partial charge >= 0.3 is 0 Å². The summed E-state index contributed by atoms with van der Waals surface area (Å²) in [5.74, 6) is 5.19. The van der Waals surface area contributed by atoms with Gasteiger partial charge in [-0.3, -0.25) is 5.84 Å². The lowest BCUT2D eigenvalue weighted by atomic mass is 10.2. The molecule has 0 fully saturated rings. The Morgan fingerprint density at radius 3 is 2.43 bits per heavy atom. The van der Waals surface area contributed by atoms with E-state index in [-0.39, 0.29) is 4.90 Å². The van der Waals surface area contributed by atoms with Gasteiger partial charge in [-0.25, -0.2) is 8.42 Å². The van der Waals surface area contributed by atoms with Crippen molar-refractivity contribution in [2.24, 2.45) is 5.84 Å². The van der Waals surface area contributed by atoms with Crippen LogP contribution >= 0.6 is 11.6 Å². The van der Waals surface area contributed by atoms with E-state index in [1.807, 2.05) is 0 Å². The van der Waals surface area contributed by atoms with Crippen molar-refractivity contribution in [2.45, 2.75) is 11.8 Å². The van der Waals surface area contributed by atoms with Crippen molar-refractivity contribution in [2.75, 3.05) is 11.7 Å². The van der Waals surface area contributed by atoms with Gasteiger partial charge < -0.3 is 5.43 Å². The van der Waals surface area contributed by atoms with Crippen LogP contribution in [0.15, 0.2) is 17.0 Å². The van der Waals surface area contributed by atoms with Gasteiger partial charge in [-0.05, 0) is 24.6 Å². The zero-order valence-corrected chi connectivity index (χ0v) is 9.41. The molecule has 0 spiro atoms. The van der Waals surface area contributed by atoms with Crippen LogP contribution in [-0.4, -0.2) is 14.7 Å². The predicted molar refractivity (Wildman–Crippen MR) is 57.1 cm³/mol. The fourth-order valence-electron chi connectivity index (χ4n) is 1.17. The van der Waals surface area contributed by atoms with Crippen LogP contribution in [0, 0.1) is 6.92 Å². The fraction of sp³-hybridized carbons (Fsp3) is 0.250. The minimum Gasteiger partial charge on any atom is -0.323 e. The van der Waals surface area contributed by atoms with Crippen LogP contribution in [0.1, 0.15) is 5.56 Å². The van der Waals surface area contributed by atoms with Gasteiger partial charge in [-0.2, -0.15) is 0 Å². The average molecular weight is 235 g/mol. The number of hydrazine groups is 1. The molecule has 1 aromatic carbocycles. The van der Waals surface area contributed by atoms with E-state index in [1.165, 1.54) is 6.07 Å². The van der Waals surface area contributed by atoms with E-state index < -0.39 is 9.84 Å². The molecular formula is C8H11ClN2O2S. The molecule has 0 heterocycles. The molecule has 0 aliphatic rings. The van der Waals surface area contributed by atoms with Gasteiger partial charge in [0.1, 0.15) is 0 Å². The van der Waals surface area contributed by atoms with Crippen LogP contribution in [0.3, 0.4) is 0 Å². The highest BCUT2D eigenvalue weighted by atomic mass is 35.5. The van der Waals surface area contributed by atoms with Crippen molar-refractivity contribution in [1.29, 1.82) is 0 Å². The minimum absolute atomic E-state index is 0.224. The SMILES string of the molecule is Cc1cc(NN)c(Cl)cc1S(C)(=O)=O. The molecule has 0 aliphatic heterocycles. The molecule has 4 nitrogen and oxygen atoms in total. The highest BCUT2D eigenvalue weighted by Crippen LogP contribution is 2.27. The fourth-order valence-corrected chi connectivity index (χ4v) is 2.43. The lowest BCUT2D eigenvalue weighted by Crippen LogP contribution is -2.09. The van der Waals surface area contributed by atoms with Crippen LogP contribution in [-0.2, 0) is 9.84 Å². The summed E-state index contributed by atoms with van der Waals surface area (Å²) >= 11 is 5.80. The number of hydrogen-bond acceptors (Lipinski definition) is 4. The first kappa shape index (κ1) is 11.3. The van der Waals surface area contributed by atoms with E-state index in [0.29, 0.717) is 16.3 Å². The summed E-state index contributed by atoms with van der Waals surface area (Å²) in [5, 5.41) is 0.290. The summed E-state index contributed by atoms with van der Waals surface area (Å²) in [5.41, 5.74) is 3.51. The molecule has 0 unspecified atom stereocenters. The third-order valence-electron chi connectivity index (χ3n) is 1.82. The van der Waals surface area contributed by atoms with Gasteiger partial charge in [0.05, 0.1) is 15.6 Å². The number of hydrogen-bond donors (Lipinski definition) is 2. The van der Waals surface area contributed by atoms with E-state index in [0.717, 1.165) is 6.26 Å². The molecule has 0 saturated carbocycles. The molecule has 0 aliphatic carbocycles. The number of aryl methyl sites for hydroxylation is 1. The number of halogens is 1. The van der Waals surface area contributed by atoms with Crippen LogP contribution < -0.4 is 11.3 Å². The first-order valence-corrected chi connectivity index (χ1v) is 6.10. The smallest absolute Gasteiger partial charge is 0.175 e. The normalized spacial score (nSPS) is 11.4. The maximum absolute atomic E-state index is 11.3. The van der Waals surface area contributed by atoms with Gasteiger partial charge in [0.2, 0.25) is 0 Å². The number of nitrogens with one attached hydrogen (secondary N) is 1. The quantitative estimate of drug-likeness (QED) is 0.598. The molecule has 0 radical (unpaired) electrons. The molecule has 0 amide bonds. The second-order valence-electron chi connectivity index (χ2n) is 3.01. The number of nitrogens with two attached hydrogens (primary N) is 1. The van der Waals surface area contributed by atoms with Crippen molar-refractivity contribution in [3.8, 4) is 0 Å². The second-order valence-corrected chi connectivity index (χ2v) is 5.41. The summed E-state index contributed by atoms with van der Waals surface area (Å²) < 4.78 is 22.6. The topological polar surface area (TPSA) is 72.2 Å². The Balaban J connectivity index is 3.44. The minimum atomic E-state index is -3.23. The monoisotopic (exact) mass is 234 g/mol. The van der Waals surface area contributed by atoms with Crippen molar-refractivity contribution < 1.29 is 8.42 Å². The molecule has 0 saturated heterocycles. The van der Waals surface area contributed by atoms with Gasteiger partial charge in [0.25, 0.3) is 0 Å². The zero-order valence-electron chi connectivity index (χ0n) is 7.83. The van der Waals surface area contributed by atoms with Crippen LogP contribution in [0.4, 0.5) is 5.69 Å². The van der Waals surface area contributed by atoms with Crippen molar-refractivity contribution >= 4 is 27.1 Å². The third kappa shape index (κ3) is 2.17. The molecule has 1 rings (SSSR count).